The van der Waals surface area contributed by atoms with Gasteiger partial charge in [0.1, 0.15) is 0 Å². The fourth-order valence-corrected chi connectivity index (χ4v) is 3.64. The standard InChI is InChI=1S/C16H14I2N2O2/c1-9(21)19-11-3-5-13(15(17)7-11)14-6-4-12(8-16(14)18)20-10(2)22/h3-8H,1-2H3,(H,19,21)(H,20,22). The molecule has 2 aromatic carbocycles. The van der Waals surface area contributed by atoms with Crippen LogP contribution in [0.5, 0.6) is 0 Å². The molecule has 2 amide bonds. The molecule has 2 aromatic rings. The van der Waals surface area contributed by atoms with Gasteiger partial charge in [-0.3, -0.25) is 9.59 Å². The van der Waals surface area contributed by atoms with Crippen molar-refractivity contribution in [3.63, 3.8) is 0 Å². The number of amides is 2. The van der Waals surface area contributed by atoms with E-state index in [1.165, 1.54) is 13.8 Å². The molecule has 0 heterocycles. The van der Waals surface area contributed by atoms with Crippen molar-refractivity contribution in [2.45, 2.75) is 13.8 Å². The first-order valence-corrected chi connectivity index (χ1v) is 8.67. The summed E-state index contributed by atoms with van der Waals surface area (Å²) >= 11 is 4.51. The second-order valence-electron chi connectivity index (χ2n) is 4.75. The van der Waals surface area contributed by atoms with Crippen molar-refractivity contribution in [3.05, 3.63) is 43.5 Å². The molecule has 0 unspecified atom stereocenters. The molecular formula is C16H14I2N2O2. The molecule has 2 rings (SSSR count). The third-order valence-corrected chi connectivity index (χ3v) is 4.65. The Morgan fingerprint density at radius 2 is 1.14 bits per heavy atom. The van der Waals surface area contributed by atoms with Crippen LogP contribution in [0.15, 0.2) is 36.4 Å². The quantitative estimate of drug-likeness (QED) is 0.587. The van der Waals surface area contributed by atoms with E-state index < -0.39 is 0 Å². The van der Waals surface area contributed by atoms with Crippen molar-refractivity contribution in [1.82, 2.24) is 0 Å². The van der Waals surface area contributed by atoms with Gasteiger partial charge in [-0.15, -0.1) is 0 Å². The Morgan fingerprint density at radius 1 is 0.773 bits per heavy atom. The maximum Gasteiger partial charge on any atom is 0.221 e. The van der Waals surface area contributed by atoms with Crippen LogP contribution < -0.4 is 10.6 Å². The number of hydrogen-bond acceptors (Lipinski definition) is 2. The van der Waals surface area contributed by atoms with Gasteiger partial charge >= 0.3 is 0 Å². The summed E-state index contributed by atoms with van der Waals surface area (Å²) in [5, 5.41) is 5.55. The zero-order valence-electron chi connectivity index (χ0n) is 12.0. The van der Waals surface area contributed by atoms with Crippen LogP contribution in [0.4, 0.5) is 11.4 Å². The molecule has 0 atom stereocenters. The van der Waals surface area contributed by atoms with Crippen molar-refractivity contribution in [2.24, 2.45) is 0 Å². The van der Waals surface area contributed by atoms with Gasteiger partial charge in [-0.05, 0) is 80.6 Å². The largest absolute Gasteiger partial charge is 0.326 e. The molecule has 0 aliphatic heterocycles. The second kappa shape index (κ2) is 7.40. The minimum atomic E-state index is -0.0854. The number of rotatable bonds is 3. The van der Waals surface area contributed by atoms with Gasteiger partial charge in [0.15, 0.2) is 0 Å². The average molecular weight is 520 g/mol. The van der Waals surface area contributed by atoms with Gasteiger partial charge in [-0.2, -0.15) is 0 Å². The Hall–Kier alpha value is -1.16. The summed E-state index contributed by atoms with van der Waals surface area (Å²) in [6.07, 6.45) is 0. The van der Waals surface area contributed by atoms with Crippen molar-refractivity contribution < 1.29 is 9.59 Å². The summed E-state index contributed by atoms with van der Waals surface area (Å²) in [4.78, 5) is 22.2. The molecule has 0 fully saturated rings. The van der Waals surface area contributed by atoms with E-state index in [0.717, 1.165) is 29.6 Å². The number of halogens is 2. The Balaban J connectivity index is 2.35. The normalized spacial score (nSPS) is 10.2. The van der Waals surface area contributed by atoms with Crippen LogP contribution in [0.25, 0.3) is 11.1 Å². The first-order chi connectivity index (χ1) is 10.4. The predicted octanol–water partition coefficient (Wildman–Crippen LogP) is 4.48. The smallest absolute Gasteiger partial charge is 0.221 e. The second-order valence-corrected chi connectivity index (χ2v) is 7.08. The van der Waals surface area contributed by atoms with Crippen LogP contribution in [0.3, 0.4) is 0 Å². The van der Waals surface area contributed by atoms with Crippen LogP contribution in [-0.4, -0.2) is 11.8 Å². The molecule has 4 nitrogen and oxygen atoms in total. The lowest BCUT2D eigenvalue weighted by molar-refractivity contribution is -0.115. The molecule has 114 valence electrons. The van der Waals surface area contributed by atoms with Gasteiger partial charge in [0, 0.05) is 32.4 Å². The molecule has 0 bridgehead atoms. The van der Waals surface area contributed by atoms with Crippen molar-refractivity contribution in [3.8, 4) is 11.1 Å². The monoisotopic (exact) mass is 520 g/mol. The van der Waals surface area contributed by atoms with E-state index in [0.29, 0.717) is 0 Å². The molecule has 22 heavy (non-hydrogen) atoms. The number of nitrogens with one attached hydrogen (secondary N) is 2. The van der Waals surface area contributed by atoms with E-state index in [4.69, 9.17) is 0 Å². The van der Waals surface area contributed by atoms with Crippen molar-refractivity contribution in [1.29, 1.82) is 0 Å². The third kappa shape index (κ3) is 4.42. The number of carbonyl (C=O) groups excluding carboxylic acids is 2. The van der Waals surface area contributed by atoms with Gasteiger partial charge in [0.2, 0.25) is 11.8 Å². The lowest BCUT2D eigenvalue weighted by atomic mass is 10.0. The highest BCUT2D eigenvalue weighted by atomic mass is 127. The number of hydrogen-bond donors (Lipinski definition) is 2. The SMILES string of the molecule is CC(=O)Nc1ccc(-c2ccc(NC(C)=O)cc2I)c(I)c1. The summed E-state index contributed by atoms with van der Waals surface area (Å²) in [5.74, 6) is -0.171. The summed E-state index contributed by atoms with van der Waals surface area (Å²) in [6, 6.07) is 11.6. The van der Waals surface area contributed by atoms with Gasteiger partial charge in [-0.1, -0.05) is 12.1 Å². The number of benzene rings is 2. The van der Waals surface area contributed by atoms with Crippen molar-refractivity contribution in [2.75, 3.05) is 10.6 Å². The highest BCUT2D eigenvalue weighted by Gasteiger charge is 2.09. The number of carbonyl (C=O) groups is 2. The van der Waals surface area contributed by atoms with Crippen LogP contribution >= 0.6 is 45.2 Å². The Morgan fingerprint density at radius 3 is 1.41 bits per heavy atom. The summed E-state index contributed by atoms with van der Waals surface area (Å²) in [7, 11) is 0. The van der Waals surface area contributed by atoms with E-state index in [2.05, 4.69) is 55.8 Å². The summed E-state index contributed by atoms with van der Waals surface area (Å²) in [6.45, 7) is 2.98. The lowest BCUT2D eigenvalue weighted by Crippen LogP contribution is -2.06. The average Bonchev–Trinajstić information content (AvgIpc) is 2.38. The van der Waals surface area contributed by atoms with Crippen molar-refractivity contribution >= 4 is 68.4 Å². The van der Waals surface area contributed by atoms with Gasteiger partial charge in [0.25, 0.3) is 0 Å². The minimum Gasteiger partial charge on any atom is -0.326 e. The molecule has 0 radical (unpaired) electrons. The molecule has 0 spiro atoms. The molecule has 6 heteroatoms. The maximum atomic E-state index is 11.1. The molecule has 0 saturated carbocycles. The number of anilines is 2. The van der Waals surface area contributed by atoms with Crippen LogP contribution in [0, 0.1) is 7.14 Å². The van der Waals surface area contributed by atoms with E-state index in [1.54, 1.807) is 0 Å². The topological polar surface area (TPSA) is 58.2 Å². The first kappa shape index (κ1) is 17.2. The van der Waals surface area contributed by atoms with Gasteiger partial charge in [-0.25, -0.2) is 0 Å². The van der Waals surface area contributed by atoms with Crippen LogP contribution in [-0.2, 0) is 9.59 Å². The molecule has 0 saturated heterocycles. The van der Waals surface area contributed by atoms with Gasteiger partial charge in [0.05, 0.1) is 0 Å². The fraction of sp³-hybridized carbons (Fsp3) is 0.125. The van der Waals surface area contributed by atoms with Gasteiger partial charge < -0.3 is 10.6 Å². The maximum absolute atomic E-state index is 11.1. The Kier molecular flexibility index (Phi) is 5.79. The fourth-order valence-electron chi connectivity index (χ4n) is 2.03. The Bertz CT molecular complexity index is 681. The van der Waals surface area contributed by atoms with Crippen LogP contribution in [0.2, 0.25) is 0 Å². The molecule has 0 aliphatic rings. The third-order valence-electron chi connectivity index (χ3n) is 2.87. The zero-order chi connectivity index (χ0) is 16.3. The minimum absolute atomic E-state index is 0.0854. The van der Waals surface area contributed by atoms with Crippen LogP contribution in [0.1, 0.15) is 13.8 Å². The zero-order valence-corrected chi connectivity index (χ0v) is 16.4. The molecule has 0 aliphatic carbocycles. The molecular weight excluding hydrogens is 506 g/mol. The Labute approximate surface area is 156 Å². The first-order valence-electron chi connectivity index (χ1n) is 6.51. The summed E-state index contributed by atoms with van der Waals surface area (Å²) < 4.78 is 2.10. The van der Waals surface area contributed by atoms with E-state index in [9.17, 15) is 9.59 Å². The molecule has 0 aromatic heterocycles. The molecule has 2 N–H and O–H groups in total. The lowest BCUT2D eigenvalue weighted by Gasteiger charge is -2.11. The highest BCUT2D eigenvalue weighted by molar-refractivity contribution is 14.1. The highest BCUT2D eigenvalue weighted by Crippen LogP contribution is 2.32. The van der Waals surface area contributed by atoms with E-state index >= 15 is 0 Å². The predicted molar refractivity (Wildman–Crippen MR) is 106 cm³/mol. The van der Waals surface area contributed by atoms with E-state index in [-0.39, 0.29) is 11.8 Å². The summed E-state index contributed by atoms with van der Waals surface area (Å²) in [5.41, 5.74) is 3.75. The van der Waals surface area contributed by atoms with E-state index in [1.807, 2.05) is 36.4 Å².